The molecule has 0 aromatic heterocycles. The predicted molar refractivity (Wildman–Crippen MR) is 78.3 cm³/mol. The van der Waals surface area contributed by atoms with Crippen molar-refractivity contribution in [3.63, 3.8) is 0 Å². The van der Waals surface area contributed by atoms with Crippen molar-refractivity contribution in [3.05, 3.63) is 29.8 Å². The van der Waals surface area contributed by atoms with Crippen LogP contribution in [0.15, 0.2) is 24.3 Å². The van der Waals surface area contributed by atoms with Crippen molar-refractivity contribution in [3.8, 4) is 0 Å². The summed E-state index contributed by atoms with van der Waals surface area (Å²) in [6, 6.07) is 6.58. The van der Waals surface area contributed by atoms with Gasteiger partial charge in [-0.25, -0.2) is 4.79 Å². The molecule has 1 aliphatic rings. The zero-order chi connectivity index (χ0) is 15.1. The minimum absolute atomic E-state index is 0.0563. The molecule has 0 unspecified atom stereocenters. The van der Waals surface area contributed by atoms with Gasteiger partial charge < -0.3 is 20.5 Å². The molecular weight excluding hydrogens is 272 g/mol. The molecular formula is C15H20N2O4. The van der Waals surface area contributed by atoms with E-state index in [9.17, 15) is 9.59 Å². The van der Waals surface area contributed by atoms with E-state index in [0.29, 0.717) is 23.7 Å². The maximum Gasteiger partial charge on any atom is 0.319 e. The van der Waals surface area contributed by atoms with E-state index in [-0.39, 0.29) is 12.5 Å². The highest BCUT2D eigenvalue weighted by atomic mass is 16.5. The second kappa shape index (κ2) is 7.64. The summed E-state index contributed by atoms with van der Waals surface area (Å²) in [5.41, 5.74) is 1.25. The Bertz CT molecular complexity index is 498. The molecule has 21 heavy (non-hydrogen) atoms. The lowest BCUT2D eigenvalue weighted by Gasteiger charge is -2.22. The van der Waals surface area contributed by atoms with Crippen molar-refractivity contribution >= 4 is 17.7 Å². The van der Waals surface area contributed by atoms with Crippen molar-refractivity contribution < 1.29 is 19.4 Å². The lowest BCUT2D eigenvalue weighted by molar-refractivity contribution is -0.136. The summed E-state index contributed by atoms with van der Waals surface area (Å²) in [7, 11) is 0. The fourth-order valence-corrected chi connectivity index (χ4v) is 2.30. The van der Waals surface area contributed by atoms with Crippen molar-refractivity contribution in [1.82, 2.24) is 5.32 Å². The largest absolute Gasteiger partial charge is 0.481 e. The third-order valence-corrected chi connectivity index (χ3v) is 3.43. The molecule has 1 aliphatic heterocycles. The van der Waals surface area contributed by atoms with Crippen molar-refractivity contribution in [2.45, 2.75) is 19.3 Å². The number of carboxylic acids is 1. The highest BCUT2D eigenvalue weighted by Gasteiger charge is 2.14. The van der Waals surface area contributed by atoms with Crippen molar-refractivity contribution in [2.24, 2.45) is 5.92 Å². The van der Waals surface area contributed by atoms with E-state index in [4.69, 9.17) is 9.84 Å². The van der Waals surface area contributed by atoms with Gasteiger partial charge in [0.25, 0.3) is 0 Å². The molecule has 0 bridgehead atoms. The van der Waals surface area contributed by atoms with E-state index < -0.39 is 5.97 Å². The number of ether oxygens (including phenoxy) is 1. The fourth-order valence-electron chi connectivity index (χ4n) is 2.30. The summed E-state index contributed by atoms with van der Waals surface area (Å²) in [5, 5.41) is 14.3. The number of amides is 2. The summed E-state index contributed by atoms with van der Waals surface area (Å²) < 4.78 is 5.27. The number of hydrogen-bond acceptors (Lipinski definition) is 3. The van der Waals surface area contributed by atoms with Gasteiger partial charge in [-0.15, -0.1) is 0 Å². The second-order valence-electron chi connectivity index (χ2n) is 5.16. The molecule has 6 heteroatoms. The molecule has 114 valence electrons. The lowest BCUT2D eigenvalue weighted by Crippen LogP contribution is -2.35. The van der Waals surface area contributed by atoms with Crippen LogP contribution in [-0.2, 0) is 16.0 Å². The van der Waals surface area contributed by atoms with Gasteiger partial charge in [0.2, 0.25) is 0 Å². The third kappa shape index (κ3) is 5.43. The molecule has 0 radical (unpaired) electrons. The summed E-state index contributed by atoms with van der Waals surface area (Å²) in [5.74, 6) is -0.432. The molecule has 0 aliphatic carbocycles. The van der Waals surface area contributed by atoms with Crippen molar-refractivity contribution in [1.29, 1.82) is 0 Å². The number of hydrogen-bond donors (Lipinski definition) is 3. The number of aliphatic carboxylic acids is 1. The molecule has 0 spiro atoms. The van der Waals surface area contributed by atoms with Crippen LogP contribution in [-0.4, -0.2) is 36.9 Å². The van der Waals surface area contributed by atoms with Crippen LogP contribution >= 0.6 is 0 Å². The normalized spacial score (nSPS) is 15.4. The Morgan fingerprint density at radius 2 is 2.05 bits per heavy atom. The standard InChI is InChI=1S/C15H20N2O4/c18-14(19)9-12-2-1-3-13(8-12)17-15(20)16-10-11-4-6-21-7-5-11/h1-3,8,11H,4-7,9-10H2,(H,18,19)(H2,16,17,20). The number of nitrogens with one attached hydrogen (secondary N) is 2. The molecule has 6 nitrogen and oxygen atoms in total. The number of benzene rings is 1. The molecule has 1 aromatic rings. The summed E-state index contributed by atoms with van der Waals surface area (Å²) in [6.45, 7) is 2.14. The van der Waals surface area contributed by atoms with E-state index in [1.54, 1.807) is 24.3 Å². The van der Waals surface area contributed by atoms with Crippen LogP contribution in [0.3, 0.4) is 0 Å². The molecule has 1 aromatic carbocycles. The van der Waals surface area contributed by atoms with Crippen LogP contribution in [0.5, 0.6) is 0 Å². The maximum absolute atomic E-state index is 11.8. The first-order chi connectivity index (χ1) is 10.1. The van der Waals surface area contributed by atoms with Gasteiger partial charge in [-0.3, -0.25) is 4.79 Å². The molecule has 1 fully saturated rings. The number of anilines is 1. The Kier molecular flexibility index (Phi) is 5.57. The van der Waals surface area contributed by atoms with Crippen LogP contribution in [0, 0.1) is 5.92 Å². The van der Waals surface area contributed by atoms with Crippen LogP contribution in [0.1, 0.15) is 18.4 Å². The Morgan fingerprint density at radius 3 is 2.76 bits per heavy atom. The minimum atomic E-state index is -0.892. The third-order valence-electron chi connectivity index (χ3n) is 3.43. The number of carbonyl (C=O) groups excluding carboxylic acids is 1. The molecule has 0 saturated carbocycles. The maximum atomic E-state index is 11.8. The van der Waals surface area contributed by atoms with Gasteiger partial charge in [0.05, 0.1) is 6.42 Å². The summed E-state index contributed by atoms with van der Waals surface area (Å²) in [6.07, 6.45) is 1.88. The highest BCUT2D eigenvalue weighted by Crippen LogP contribution is 2.14. The second-order valence-corrected chi connectivity index (χ2v) is 5.16. The summed E-state index contributed by atoms with van der Waals surface area (Å²) >= 11 is 0. The van der Waals surface area contributed by atoms with Crippen LogP contribution in [0.4, 0.5) is 10.5 Å². The van der Waals surface area contributed by atoms with Crippen LogP contribution in [0.2, 0.25) is 0 Å². The molecule has 2 rings (SSSR count). The van der Waals surface area contributed by atoms with Gasteiger partial charge in [-0.05, 0) is 36.5 Å². The molecule has 1 heterocycles. The van der Waals surface area contributed by atoms with Gasteiger partial charge in [-0.2, -0.15) is 0 Å². The first-order valence-corrected chi connectivity index (χ1v) is 7.07. The monoisotopic (exact) mass is 292 g/mol. The molecule has 0 atom stereocenters. The Hall–Kier alpha value is -2.08. The average Bonchev–Trinajstić information content (AvgIpc) is 2.46. The van der Waals surface area contributed by atoms with Crippen LogP contribution < -0.4 is 10.6 Å². The molecule has 1 saturated heterocycles. The Morgan fingerprint density at radius 1 is 1.29 bits per heavy atom. The average molecular weight is 292 g/mol. The quantitative estimate of drug-likeness (QED) is 0.773. The van der Waals surface area contributed by atoms with Gasteiger partial charge >= 0.3 is 12.0 Å². The van der Waals surface area contributed by atoms with Gasteiger partial charge in [0.1, 0.15) is 0 Å². The fraction of sp³-hybridized carbons (Fsp3) is 0.467. The summed E-state index contributed by atoms with van der Waals surface area (Å²) in [4.78, 5) is 22.5. The topological polar surface area (TPSA) is 87.7 Å². The SMILES string of the molecule is O=C(O)Cc1cccc(NC(=O)NCC2CCOCC2)c1. The van der Waals surface area contributed by atoms with Crippen molar-refractivity contribution in [2.75, 3.05) is 25.1 Å². The zero-order valence-electron chi connectivity index (χ0n) is 11.8. The van der Waals surface area contributed by atoms with E-state index in [2.05, 4.69) is 10.6 Å². The minimum Gasteiger partial charge on any atom is -0.481 e. The van der Waals surface area contributed by atoms with E-state index in [0.717, 1.165) is 26.1 Å². The lowest BCUT2D eigenvalue weighted by atomic mass is 10.0. The zero-order valence-corrected chi connectivity index (χ0v) is 11.8. The molecule has 3 N–H and O–H groups in total. The first-order valence-electron chi connectivity index (χ1n) is 7.07. The van der Waals surface area contributed by atoms with E-state index >= 15 is 0 Å². The number of carboxylic acid groups (broad SMARTS) is 1. The van der Waals surface area contributed by atoms with Crippen LogP contribution in [0.25, 0.3) is 0 Å². The van der Waals surface area contributed by atoms with Gasteiger partial charge in [-0.1, -0.05) is 12.1 Å². The predicted octanol–water partition coefficient (Wildman–Crippen LogP) is 1.86. The van der Waals surface area contributed by atoms with E-state index in [1.165, 1.54) is 0 Å². The highest BCUT2D eigenvalue weighted by molar-refractivity contribution is 5.89. The molecule has 2 amide bonds. The number of urea groups is 1. The number of carbonyl (C=O) groups is 2. The number of rotatable bonds is 5. The Labute approximate surface area is 123 Å². The first kappa shape index (κ1) is 15.3. The van der Waals surface area contributed by atoms with E-state index in [1.807, 2.05) is 0 Å². The van der Waals surface area contributed by atoms with Gasteiger partial charge in [0, 0.05) is 25.4 Å². The smallest absolute Gasteiger partial charge is 0.319 e. The van der Waals surface area contributed by atoms with Gasteiger partial charge in [0.15, 0.2) is 0 Å². The Balaban J connectivity index is 1.80.